The maximum absolute atomic E-state index is 12.7. The summed E-state index contributed by atoms with van der Waals surface area (Å²) in [6, 6.07) is 7.05. The van der Waals surface area contributed by atoms with Gasteiger partial charge in [-0.2, -0.15) is 13.2 Å². The Balaban J connectivity index is 1.51. The summed E-state index contributed by atoms with van der Waals surface area (Å²) in [5.74, 6) is -1.65. The van der Waals surface area contributed by atoms with Crippen molar-refractivity contribution in [1.82, 2.24) is 9.80 Å². The van der Waals surface area contributed by atoms with Crippen LogP contribution in [-0.4, -0.2) is 67.0 Å². The molecule has 2 heterocycles. The molecule has 0 bridgehead atoms. The van der Waals surface area contributed by atoms with Crippen molar-refractivity contribution in [2.45, 2.75) is 25.4 Å². The Hall–Kier alpha value is -2.78. The van der Waals surface area contributed by atoms with Crippen molar-refractivity contribution in [2.75, 3.05) is 38.6 Å². The number of likely N-dealkylation sites (tertiary alicyclic amines) is 2. The van der Waals surface area contributed by atoms with E-state index in [-0.39, 0.29) is 30.7 Å². The minimum absolute atomic E-state index is 0.168. The van der Waals surface area contributed by atoms with Crippen LogP contribution >= 0.6 is 0 Å². The normalized spacial score (nSPS) is 20.4. The summed E-state index contributed by atoms with van der Waals surface area (Å²) in [6.07, 6.45) is -3.80. The highest BCUT2D eigenvalue weighted by molar-refractivity contribution is 5.94. The number of ether oxygens (including phenoxy) is 1. The molecule has 2 aliphatic rings. The molecular weight excluding hydrogens is 403 g/mol. The monoisotopic (exact) mass is 427 g/mol. The fraction of sp³-hybridized carbons (Fsp3) is 0.550. The number of benzene rings is 1. The Labute approximate surface area is 172 Å². The molecule has 30 heavy (non-hydrogen) atoms. The minimum Gasteiger partial charge on any atom is -0.495 e. The topological polar surface area (TPSA) is 79.0 Å². The predicted octanol–water partition coefficient (Wildman–Crippen LogP) is 2.28. The zero-order valence-corrected chi connectivity index (χ0v) is 16.6. The van der Waals surface area contributed by atoms with Gasteiger partial charge in [0, 0.05) is 32.0 Å². The summed E-state index contributed by atoms with van der Waals surface area (Å²) in [4.78, 5) is 39.3. The van der Waals surface area contributed by atoms with Crippen molar-refractivity contribution in [3.05, 3.63) is 24.3 Å². The molecule has 10 heteroatoms. The van der Waals surface area contributed by atoms with Gasteiger partial charge in [0.05, 0.1) is 18.7 Å². The van der Waals surface area contributed by atoms with E-state index in [4.69, 9.17) is 4.74 Å². The van der Waals surface area contributed by atoms with Crippen LogP contribution in [0.15, 0.2) is 24.3 Å². The van der Waals surface area contributed by atoms with Gasteiger partial charge in [0.2, 0.25) is 17.7 Å². The fourth-order valence-electron chi connectivity index (χ4n) is 3.91. The van der Waals surface area contributed by atoms with E-state index < -0.39 is 24.5 Å². The highest BCUT2D eigenvalue weighted by Gasteiger charge is 2.42. The molecule has 1 aromatic rings. The predicted molar refractivity (Wildman–Crippen MR) is 102 cm³/mol. The fourth-order valence-corrected chi connectivity index (χ4v) is 3.91. The van der Waals surface area contributed by atoms with Crippen LogP contribution < -0.4 is 10.1 Å². The first-order valence-electron chi connectivity index (χ1n) is 9.75. The zero-order chi connectivity index (χ0) is 21.9. The van der Waals surface area contributed by atoms with Crippen LogP contribution in [0.2, 0.25) is 0 Å². The molecule has 3 rings (SSSR count). The van der Waals surface area contributed by atoms with E-state index in [0.29, 0.717) is 42.3 Å². The Kier molecular flexibility index (Phi) is 6.52. The van der Waals surface area contributed by atoms with Gasteiger partial charge < -0.3 is 19.9 Å². The summed E-state index contributed by atoms with van der Waals surface area (Å²) >= 11 is 0. The van der Waals surface area contributed by atoms with E-state index in [1.165, 1.54) is 7.11 Å². The van der Waals surface area contributed by atoms with Gasteiger partial charge in [0.1, 0.15) is 12.3 Å². The third-order valence-corrected chi connectivity index (χ3v) is 5.48. The third kappa shape index (κ3) is 5.22. The molecule has 2 aliphatic heterocycles. The SMILES string of the molecule is COc1ccccc1NC(=O)C1CCN(C(=O)C2CC(=O)N(CC(F)(F)F)C2)CC1. The first-order chi connectivity index (χ1) is 14.2. The van der Waals surface area contributed by atoms with E-state index in [1.807, 2.05) is 0 Å². The van der Waals surface area contributed by atoms with Crippen LogP contribution in [0.1, 0.15) is 19.3 Å². The average molecular weight is 427 g/mol. The number of carbonyl (C=O) groups excluding carboxylic acids is 3. The number of halogens is 3. The summed E-state index contributed by atoms with van der Waals surface area (Å²) in [5.41, 5.74) is 0.567. The Bertz CT molecular complexity index is 807. The maximum atomic E-state index is 12.7. The Morgan fingerprint density at radius 2 is 1.83 bits per heavy atom. The van der Waals surface area contributed by atoms with Gasteiger partial charge in [-0.15, -0.1) is 0 Å². The lowest BCUT2D eigenvalue weighted by Gasteiger charge is -2.33. The van der Waals surface area contributed by atoms with E-state index in [1.54, 1.807) is 29.2 Å². The molecule has 164 valence electrons. The van der Waals surface area contributed by atoms with Gasteiger partial charge in [-0.3, -0.25) is 14.4 Å². The largest absolute Gasteiger partial charge is 0.495 e. The van der Waals surface area contributed by atoms with E-state index in [9.17, 15) is 27.6 Å². The van der Waals surface area contributed by atoms with Crippen LogP contribution in [-0.2, 0) is 14.4 Å². The van der Waals surface area contributed by atoms with Crippen molar-refractivity contribution in [3.63, 3.8) is 0 Å². The number of nitrogens with one attached hydrogen (secondary N) is 1. The number of rotatable bonds is 5. The standard InChI is InChI=1S/C20H24F3N3O4/c1-30-16-5-3-2-4-15(16)24-18(28)13-6-8-25(9-7-13)19(29)14-10-17(27)26(11-14)12-20(21,22)23/h2-5,13-14H,6-12H2,1H3,(H,24,28). The molecule has 2 fully saturated rings. The summed E-state index contributed by atoms with van der Waals surface area (Å²) < 4.78 is 42.9. The molecule has 0 aliphatic carbocycles. The van der Waals surface area contributed by atoms with Crippen molar-refractivity contribution in [1.29, 1.82) is 0 Å². The number of para-hydroxylation sites is 2. The second-order valence-electron chi connectivity index (χ2n) is 7.58. The van der Waals surface area contributed by atoms with Crippen molar-refractivity contribution < 1.29 is 32.3 Å². The molecule has 3 amide bonds. The Morgan fingerprint density at radius 1 is 1.17 bits per heavy atom. The molecule has 0 radical (unpaired) electrons. The number of carbonyl (C=O) groups is 3. The van der Waals surface area contributed by atoms with Gasteiger partial charge in [0.15, 0.2) is 0 Å². The number of hydrogen-bond donors (Lipinski definition) is 1. The molecule has 1 aromatic carbocycles. The average Bonchev–Trinajstić information content (AvgIpc) is 3.06. The van der Waals surface area contributed by atoms with Gasteiger partial charge in [-0.1, -0.05) is 12.1 Å². The number of alkyl halides is 3. The summed E-state index contributed by atoms with van der Waals surface area (Å²) in [5, 5.41) is 2.84. The Morgan fingerprint density at radius 3 is 2.47 bits per heavy atom. The molecule has 1 N–H and O–H groups in total. The quantitative estimate of drug-likeness (QED) is 0.782. The van der Waals surface area contributed by atoms with Crippen molar-refractivity contribution in [2.24, 2.45) is 11.8 Å². The molecule has 2 saturated heterocycles. The first-order valence-corrected chi connectivity index (χ1v) is 9.75. The number of anilines is 1. The highest BCUT2D eigenvalue weighted by Crippen LogP contribution is 2.28. The van der Waals surface area contributed by atoms with E-state index in [0.717, 1.165) is 0 Å². The van der Waals surface area contributed by atoms with Crippen LogP contribution in [0.4, 0.5) is 18.9 Å². The second kappa shape index (κ2) is 8.93. The summed E-state index contributed by atoms with van der Waals surface area (Å²) in [6.45, 7) is -0.897. The van der Waals surface area contributed by atoms with Crippen LogP contribution in [0, 0.1) is 11.8 Å². The zero-order valence-electron chi connectivity index (χ0n) is 16.6. The van der Waals surface area contributed by atoms with Gasteiger partial charge in [-0.05, 0) is 25.0 Å². The van der Waals surface area contributed by atoms with Crippen LogP contribution in [0.3, 0.4) is 0 Å². The molecule has 0 spiro atoms. The van der Waals surface area contributed by atoms with E-state index >= 15 is 0 Å². The minimum atomic E-state index is -4.49. The molecule has 1 unspecified atom stereocenters. The van der Waals surface area contributed by atoms with E-state index in [2.05, 4.69) is 5.32 Å². The van der Waals surface area contributed by atoms with Crippen molar-refractivity contribution >= 4 is 23.4 Å². The van der Waals surface area contributed by atoms with Crippen LogP contribution in [0.5, 0.6) is 5.75 Å². The second-order valence-corrected chi connectivity index (χ2v) is 7.58. The first kappa shape index (κ1) is 21.9. The molecular formula is C20H24F3N3O4. The smallest absolute Gasteiger partial charge is 0.406 e. The number of methoxy groups -OCH3 is 1. The van der Waals surface area contributed by atoms with Gasteiger partial charge in [-0.25, -0.2) is 0 Å². The molecule has 1 atom stereocenters. The number of piperidine rings is 1. The number of hydrogen-bond acceptors (Lipinski definition) is 4. The summed E-state index contributed by atoms with van der Waals surface area (Å²) in [7, 11) is 1.51. The lowest BCUT2D eigenvalue weighted by molar-refractivity contribution is -0.157. The molecule has 7 nitrogen and oxygen atoms in total. The number of amides is 3. The number of nitrogens with zero attached hydrogens (tertiary/aromatic N) is 2. The van der Waals surface area contributed by atoms with Gasteiger partial charge >= 0.3 is 6.18 Å². The van der Waals surface area contributed by atoms with Crippen molar-refractivity contribution in [3.8, 4) is 5.75 Å². The lowest BCUT2D eigenvalue weighted by atomic mass is 9.94. The lowest BCUT2D eigenvalue weighted by Crippen LogP contribution is -2.44. The van der Waals surface area contributed by atoms with Crippen LogP contribution in [0.25, 0.3) is 0 Å². The highest BCUT2D eigenvalue weighted by atomic mass is 19.4. The third-order valence-electron chi connectivity index (χ3n) is 5.48. The molecule has 0 saturated carbocycles. The van der Waals surface area contributed by atoms with Gasteiger partial charge in [0.25, 0.3) is 0 Å². The maximum Gasteiger partial charge on any atom is 0.406 e. The molecule has 0 aromatic heterocycles.